The lowest BCUT2D eigenvalue weighted by Gasteiger charge is -1.97. The molecule has 0 unspecified atom stereocenters. The van der Waals surface area contributed by atoms with Crippen LogP contribution in [-0.4, -0.2) is 19.3 Å². The van der Waals surface area contributed by atoms with Crippen molar-refractivity contribution in [1.29, 1.82) is 0 Å². The summed E-state index contributed by atoms with van der Waals surface area (Å²) in [5.41, 5.74) is 1.15. The molecule has 2 aromatic heterocycles. The van der Waals surface area contributed by atoms with Crippen LogP contribution in [0.25, 0.3) is 5.65 Å². The van der Waals surface area contributed by atoms with E-state index in [1.807, 2.05) is 0 Å². The Morgan fingerprint density at radius 1 is 1.62 bits per heavy atom. The van der Waals surface area contributed by atoms with E-state index in [1.54, 1.807) is 23.8 Å². The highest BCUT2D eigenvalue weighted by Gasteiger charge is 2.02. The summed E-state index contributed by atoms with van der Waals surface area (Å²) in [4.78, 5) is 11.2. The highest BCUT2D eigenvalue weighted by Crippen LogP contribution is 2.02. The number of hydrogen-bond donors (Lipinski definition) is 1. The lowest BCUT2D eigenvalue weighted by molar-refractivity contribution is 0.276. The highest BCUT2D eigenvalue weighted by molar-refractivity contribution is 5.39. The second-order valence-electron chi connectivity index (χ2n) is 2.81. The average molecular weight is 179 g/mol. The Balaban J connectivity index is 2.84. The monoisotopic (exact) mass is 179 g/mol. The molecule has 0 radical (unpaired) electrons. The van der Waals surface area contributed by atoms with Gasteiger partial charge in [0.15, 0.2) is 0 Å². The fraction of sp³-hybridized carbons (Fsp3) is 0.250. The summed E-state index contributed by atoms with van der Waals surface area (Å²) in [5, 5.41) is 12.9. The van der Waals surface area contributed by atoms with Crippen LogP contribution in [0.1, 0.15) is 5.69 Å². The number of aryl methyl sites for hydroxylation is 1. The molecule has 0 bridgehead atoms. The smallest absolute Gasteiger partial charge is 0.253 e. The van der Waals surface area contributed by atoms with Crippen LogP contribution in [0, 0.1) is 0 Å². The lowest BCUT2D eigenvalue weighted by Crippen LogP contribution is -2.17. The third-order valence-electron chi connectivity index (χ3n) is 1.96. The summed E-state index contributed by atoms with van der Waals surface area (Å²) in [6, 6.07) is 3.11. The summed E-state index contributed by atoms with van der Waals surface area (Å²) < 4.78 is 3.04. The number of fused-ring (bicyclic) bond motifs is 1. The van der Waals surface area contributed by atoms with Gasteiger partial charge in [-0.25, -0.2) is 4.52 Å². The fourth-order valence-corrected chi connectivity index (χ4v) is 1.23. The Kier molecular flexibility index (Phi) is 1.66. The van der Waals surface area contributed by atoms with Crippen LogP contribution in [0.2, 0.25) is 0 Å². The van der Waals surface area contributed by atoms with Crippen molar-refractivity contribution in [1.82, 2.24) is 14.2 Å². The number of aliphatic hydroxyl groups excluding tert-OH is 1. The molecular formula is C8H9N3O2. The van der Waals surface area contributed by atoms with Crippen LogP contribution in [0.5, 0.6) is 0 Å². The Morgan fingerprint density at radius 3 is 3.08 bits per heavy atom. The van der Waals surface area contributed by atoms with Crippen molar-refractivity contribution >= 4 is 5.65 Å². The molecule has 0 fully saturated rings. The van der Waals surface area contributed by atoms with E-state index < -0.39 is 0 Å². The van der Waals surface area contributed by atoms with E-state index in [4.69, 9.17) is 5.11 Å². The van der Waals surface area contributed by atoms with E-state index >= 15 is 0 Å². The minimum atomic E-state index is -0.115. The first-order chi connectivity index (χ1) is 6.22. The average Bonchev–Trinajstić information content (AvgIpc) is 2.55. The second kappa shape index (κ2) is 2.70. The maximum atomic E-state index is 11.2. The summed E-state index contributed by atoms with van der Waals surface area (Å²) >= 11 is 0. The van der Waals surface area contributed by atoms with Crippen molar-refractivity contribution in [2.45, 2.75) is 6.61 Å². The predicted octanol–water partition coefficient (Wildman–Crippen LogP) is -0.475. The molecule has 5 nitrogen and oxygen atoms in total. The van der Waals surface area contributed by atoms with Gasteiger partial charge in [0.05, 0.1) is 12.3 Å². The Morgan fingerprint density at radius 2 is 2.38 bits per heavy atom. The van der Waals surface area contributed by atoms with Crippen molar-refractivity contribution in [3.8, 4) is 0 Å². The van der Waals surface area contributed by atoms with Crippen LogP contribution in [0.3, 0.4) is 0 Å². The summed E-state index contributed by atoms with van der Waals surface area (Å²) in [7, 11) is 1.67. The number of aromatic nitrogens is 3. The number of rotatable bonds is 1. The van der Waals surface area contributed by atoms with Crippen molar-refractivity contribution < 1.29 is 5.11 Å². The normalized spacial score (nSPS) is 10.9. The maximum Gasteiger partial charge on any atom is 0.253 e. The second-order valence-corrected chi connectivity index (χ2v) is 2.81. The molecule has 2 rings (SSSR count). The van der Waals surface area contributed by atoms with Crippen LogP contribution >= 0.6 is 0 Å². The minimum absolute atomic E-state index is 0.0862. The van der Waals surface area contributed by atoms with Gasteiger partial charge in [-0.05, 0) is 0 Å². The SMILES string of the molecule is Cn1c(=O)ccn2nc(CO)cc12. The molecule has 0 atom stereocenters. The van der Waals surface area contributed by atoms with Crippen LogP contribution in [-0.2, 0) is 13.7 Å². The Hall–Kier alpha value is -1.62. The summed E-state index contributed by atoms with van der Waals surface area (Å²) in [6.45, 7) is -0.115. The zero-order valence-corrected chi connectivity index (χ0v) is 7.14. The topological polar surface area (TPSA) is 59.5 Å². The number of aliphatic hydroxyl groups is 1. The number of hydrogen-bond acceptors (Lipinski definition) is 3. The van der Waals surface area contributed by atoms with Gasteiger partial charge in [-0.2, -0.15) is 5.10 Å². The van der Waals surface area contributed by atoms with Gasteiger partial charge in [-0.15, -0.1) is 0 Å². The van der Waals surface area contributed by atoms with Gasteiger partial charge in [0.2, 0.25) is 0 Å². The molecule has 0 saturated heterocycles. The third-order valence-corrected chi connectivity index (χ3v) is 1.96. The zero-order chi connectivity index (χ0) is 9.42. The molecule has 0 aliphatic heterocycles. The van der Waals surface area contributed by atoms with Gasteiger partial charge < -0.3 is 5.11 Å². The lowest BCUT2D eigenvalue weighted by atomic mass is 10.4. The molecular weight excluding hydrogens is 170 g/mol. The first-order valence-electron chi connectivity index (χ1n) is 3.87. The van der Waals surface area contributed by atoms with Gasteiger partial charge >= 0.3 is 0 Å². The first kappa shape index (κ1) is 8.00. The predicted molar refractivity (Wildman–Crippen MR) is 46.4 cm³/mol. The standard InChI is InChI=1S/C8H9N3O2/c1-10-7-4-6(5-12)9-11(7)3-2-8(10)13/h2-4,12H,5H2,1H3. The number of nitrogens with zero attached hydrogens (tertiary/aromatic N) is 3. The molecule has 1 N–H and O–H groups in total. The van der Waals surface area contributed by atoms with Gasteiger partial charge in [0.25, 0.3) is 5.56 Å². The van der Waals surface area contributed by atoms with Gasteiger partial charge in [0.1, 0.15) is 5.65 Å². The quantitative estimate of drug-likeness (QED) is 0.643. The molecule has 5 heteroatoms. The van der Waals surface area contributed by atoms with E-state index in [1.165, 1.54) is 10.6 Å². The van der Waals surface area contributed by atoms with E-state index in [9.17, 15) is 4.79 Å². The van der Waals surface area contributed by atoms with E-state index in [-0.39, 0.29) is 12.2 Å². The van der Waals surface area contributed by atoms with Crippen molar-refractivity contribution in [2.75, 3.05) is 0 Å². The summed E-state index contributed by atoms with van der Waals surface area (Å²) in [6.07, 6.45) is 1.58. The van der Waals surface area contributed by atoms with Crippen molar-refractivity contribution in [2.24, 2.45) is 7.05 Å². The third kappa shape index (κ3) is 1.13. The molecule has 0 aromatic carbocycles. The fourth-order valence-electron chi connectivity index (χ4n) is 1.23. The van der Waals surface area contributed by atoms with Crippen LogP contribution in [0.15, 0.2) is 23.1 Å². The Bertz CT molecular complexity index is 498. The van der Waals surface area contributed by atoms with Gasteiger partial charge in [-0.1, -0.05) is 0 Å². The maximum absolute atomic E-state index is 11.2. The minimum Gasteiger partial charge on any atom is -0.390 e. The molecule has 0 saturated carbocycles. The molecule has 0 amide bonds. The molecule has 13 heavy (non-hydrogen) atoms. The van der Waals surface area contributed by atoms with E-state index in [0.29, 0.717) is 11.3 Å². The van der Waals surface area contributed by atoms with Crippen molar-refractivity contribution in [3.63, 3.8) is 0 Å². The van der Waals surface area contributed by atoms with Crippen LogP contribution in [0.4, 0.5) is 0 Å². The molecule has 0 spiro atoms. The van der Waals surface area contributed by atoms with Crippen LogP contribution < -0.4 is 5.56 Å². The molecule has 68 valence electrons. The molecule has 2 aromatic rings. The first-order valence-corrected chi connectivity index (χ1v) is 3.87. The highest BCUT2D eigenvalue weighted by atomic mass is 16.3. The van der Waals surface area contributed by atoms with E-state index in [2.05, 4.69) is 5.10 Å². The van der Waals surface area contributed by atoms with Gasteiger partial charge in [0, 0.05) is 25.4 Å². The largest absolute Gasteiger partial charge is 0.390 e. The Labute approximate surface area is 73.9 Å². The zero-order valence-electron chi connectivity index (χ0n) is 7.14. The molecule has 0 aliphatic carbocycles. The molecule has 0 aliphatic rings. The van der Waals surface area contributed by atoms with E-state index in [0.717, 1.165) is 0 Å². The van der Waals surface area contributed by atoms with Crippen molar-refractivity contribution in [3.05, 3.63) is 34.4 Å². The molecule has 2 heterocycles. The summed E-state index contributed by atoms with van der Waals surface area (Å²) in [5.74, 6) is 0. The van der Waals surface area contributed by atoms with Gasteiger partial charge in [-0.3, -0.25) is 9.36 Å².